The molecular formula is C10H17BO2. The monoisotopic (exact) mass is 180 g/mol. The predicted octanol–water partition coefficient (Wildman–Crippen LogP) is 1.66. The lowest BCUT2D eigenvalue weighted by atomic mass is 9.82. The van der Waals surface area contributed by atoms with Crippen molar-refractivity contribution >= 4 is 7.12 Å². The van der Waals surface area contributed by atoms with Gasteiger partial charge in [0, 0.05) is 6.32 Å². The van der Waals surface area contributed by atoms with Gasteiger partial charge in [0.25, 0.3) is 0 Å². The van der Waals surface area contributed by atoms with Crippen molar-refractivity contribution in [2.24, 2.45) is 0 Å². The molecule has 1 aromatic rings. The normalized spacial score (nSPS) is 8.62. The van der Waals surface area contributed by atoms with Gasteiger partial charge in [0.2, 0.25) is 0 Å². The fraction of sp³-hybridized carbons (Fsp3) is 0.400. The molecule has 0 aliphatic rings. The Hall–Kier alpha value is -0.795. The van der Waals surface area contributed by atoms with Gasteiger partial charge in [-0.25, -0.2) is 0 Å². The average Bonchev–Trinajstić information content (AvgIpc) is 2.06. The van der Waals surface area contributed by atoms with Crippen molar-refractivity contribution in [2.75, 3.05) is 0 Å². The Morgan fingerprint density at radius 2 is 1.54 bits per heavy atom. The Balaban J connectivity index is 0.000000424. The average molecular weight is 180 g/mol. The largest absolute Gasteiger partial charge is 0.456 e. The Labute approximate surface area is 80.4 Å². The van der Waals surface area contributed by atoms with E-state index in [1.165, 1.54) is 6.42 Å². The van der Waals surface area contributed by atoms with Crippen LogP contribution in [0, 0.1) is 0 Å². The summed E-state index contributed by atoms with van der Waals surface area (Å²) < 4.78 is 0. The number of hydrogen-bond donors (Lipinski definition) is 2. The zero-order chi connectivity index (χ0) is 10.1. The first-order chi connectivity index (χ1) is 6.20. The van der Waals surface area contributed by atoms with Gasteiger partial charge in [-0.3, -0.25) is 0 Å². The molecule has 72 valence electrons. The van der Waals surface area contributed by atoms with E-state index < -0.39 is 7.12 Å². The molecule has 1 rings (SSSR count). The van der Waals surface area contributed by atoms with Crippen LogP contribution in [-0.2, 0) is 6.32 Å². The molecule has 0 radical (unpaired) electrons. The molecule has 3 heteroatoms. The van der Waals surface area contributed by atoms with Gasteiger partial charge in [-0.1, -0.05) is 56.2 Å². The van der Waals surface area contributed by atoms with Crippen LogP contribution in [0.25, 0.3) is 0 Å². The second-order valence-corrected chi connectivity index (χ2v) is 2.88. The molecule has 0 aliphatic carbocycles. The Morgan fingerprint density at radius 3 is 1.92 bits per heavy atom. The summed E-state index contributed by atoms with van der Waals surface area (Å²) in [6.07, 6.45) is 1.56. The molecule has 2 nitrogen and oxygen atoms in total. The first-order valence-electron chi connectivity index (χ1n) is 4.60. The van der Waals surface area contributed by atoms with Crippen molar-refractivity contribution in [1.29, 1.82) is 0 Å². The van der Waals surface area contributed by atoms with E-state index in [2.05, 4.69) is 13.8 Å². The third-order valence-electron chi connectivity index (χ3n) is 1.26. The van der Waals surface area contributed by atoms with Crippen LogP contribution in [0.1, 0.15) is 25.8 Å². The van der Waals surface area contributed by atoms with Gasteiger partial charge in [0.1, 0.15) is 0 Å². The summed E-state index contributed by atoms with van der Waals surface area (Å²) in [6, 6.07) is 9.36. The Kier molecular flexibility index (Phi) is 7.35. The van der Waals surface area contributed by atoms with E-state index in [-0.39, 0.29) is 0 Å². The second-order valence-electron chi connectivity index (χ2n) is 2.88. The lowest BCUT2D eigenvalue weighted by Crippen LogP contribution is -2.14. The first kappa shape index (κ1) is 12.2. The molecule has 1 aromatic carbocycles. The molecular weight excluding hydrogens is 163 g/mol. The van der Waals surface area contributed by atoms with Gasteiger partial charge >= 0.3 is 7.12 Å². The summed E-state index contributed by atoms with van der Waals surface area (Å²) in [5, 5.41) is 17.1. The van der Waals surface area contributed by atoms with Crippen LogP contribution in [0.15, 0.2) is 30.3 Å². The third-order valence-corrected chi connectivity index (χ3v) is 1.26. The quantitative estimate of drug-likeness (QED) is 0.679. The highest BCUT2D eigenvalue weighted by molar-refractivity contribution is 6.40. The summed E-state index contributed by atoms with van der Waals surface area (Å²) in [5.41, 5.74) is 0.942. The molecule has 0 unspecified atom stereocenters. The molecule has 0 atom stereocenters. The van der Waals surface area contributed by atoms with Crippen LogP contribution in [-0.4, -0.2) is 17.2 Å². The SMILES string of the molecule is CCC.OB(O)Cc1ccccc1. The van der Waals surface area contributed by atoms with E-state index >= 15 is 0 Å². The molecule has 0 bridgehead atoms. The number of benzene rings is 1. The maximum atomic E-state index is 8.56. The topological polar surface area (TPSA) is 40.5 Å². The lowest BCUT2D eigenvalue weighted by Gasteiger charge is -1.96. The van der Waals surface area contributed by atoms with Crippen LogP contribution in [0.3, 0.4) is 0 Å². The second kappa shape index (κ2) is 7.83. The van der Waals surface area contributed by atoms with Gasteiger partial charge in [-0.2, -0.15) is 0 Å². The summed E-state index contributed by atoms with van der Waals surface area (Å²) in [4.78, 5) is 0. The highest BCUT2D eigenvalue weighted by Crippen LogP contribution is 1.98. The zero-order valence-electron chi connectivity index (χ0n) is 8.27. The third kappa shape index (κ3) is 7.56. The standard InChI is InChI=1S/C7H9BO2.C3H8/c9-8(10)6-7-4-2-1-3-5-7;1-3-2/h1-5,9-10H,6H2;3H2,1-2H3. The minimum Gasteiger partial charge on any atom is -0.427 e. The fourth-order valence-corrected chi connectivity index (χ4v) is 0.825. The summed E-state index contributed by atoms with van der Waals surface area (Å²) in [7, 11) is -1.23. The molecule has 0 fully saturated rings. The van der Waals surface area contributed by atoms with E-state index in [4.69, 9.17) is 10.0 Å². The highest BCUT2D eigenvalue weighted by Gasteiger charge is 2.05. The Bertz CT molecular complexity index is 199. The van der Waals surface area contributed by atoms with Gasteiger partial charge in [0.15, 0.2) is 0 Å². The highest BCUT2D eigenvalue weighted by atomic mass is 16.4. The van der Waals surface area contributed by atoms with E-state index in [0.29, 0.717) is 6.32 Å². The van der Waals surface area contributed by atoms with Crippen LogP contribution >= 0.6 is 0 Å². The predicted molar refractivity (Wildman–Crippen MR) is 56.3 cm³/mol. The van der Waals surface area contributed by atoms with Crippen LogP contribution < -0.4 is 0 Å². The first-order valence-corrected chi connectivity index (χ1v) is 4.60. The van der Waals surface area contributed by atoms with E-state index in [0.717, 1.165) is 5.56 Å². The summed E-state index contributed by atoms with van der Waals surface area (Å²) >= 11 is 0. The minimum absolute atomic E-state index is 0.306. The van der Waals surface area contributed by atoms with Crippen LogP contribution in [0.2, 0.25) is 0 Å². The van der Waals surface area contributed by atoms with Crippen LogP contribution in [0.5, 0.6) is 0 Å². The van der Waals surface area contributed by atoms with E-state index in [1.54, 1.807) is 0 Å². The Morgan fingerprint density at radius 1 is 1.08 bits per heavy atom. The molecule has 0 spiro atoms. The van der Waals surface area contributed by atoms with Gasteiger partial charge in [-0.05, 0) is 0 Å². The zero-order valence-corrected chi connectivity index (χ0v) is 8.27. The van der Waals surface area contributed by atoms with Crippen molar-refractivity contribution in [1.82, 2.24) is 0 Å². The van der Waals surface area contributed by atoms with Gasteiger partial charge in [-0.15, -0.1) is 0 Å². The fourth-order valence-electron chi connectivity index (χ4n) is 0.825. The van der Waals surface area contributed by atoms with Gasteiger partial charge < -0.3 is 10.0 Å². The molecule has 0 saturated heterocycles. The molecule has 0 amide bonds. The minimum atomic E-state index is -1.23. The van der Waals surface area contributed by atoms with Crippen molar-refractivity contribution in [3.8, 4) is 0 Å². The van der Waals surface area contributed by atoms with Crippen LogP contribution in [0.4, 0.5) is 0 Å². The summed E-state index contributed by atoms with van der Waals surface area (Å²) in [5.74, 6) is 0. The molecule has 13 heavy (non-hydrogen) atoms. The maximum Gasteiger partial charge on any atom is 0.456 e. The smallest absolute Gasteiger partial charge is 0.427 e. The molecule has 2 N–H and O–H groups in total. The van der Waals surface area contributed by atoms with Crippen molar-refractivity contribution in [3.63, 3.8) is 0 Å². The molecule has 0 saturated carbocycles. The molecule has 0 aliphatic heterocycles. The van der Waals surface area contributed by atoms with E-state index in [1.807, 2.05) is 30.3 Å². The maximum absolute atomic E-state index is 8.56. The molecule has 0 heterocycles. The van der Waals surface area contributed by atoms with Crippen molar-refractivity contribution in [2.45, 2.75) is 26.6 Å². The molecule has 0 aromatic heterocycles. The van der Waals surface area contributed by atoms with E-state index in [9.17, 15) is 0 Å². The number of rotatable bonds is 2. The van der Waals surface area contributed by atoms with Crippen molar-refractivity contribution in [3.05, 3.63) is 35.9 Å². The summed E-state index contributed by atoms with van der Waals surface area (Å²) in [6.45, 7) is 4.25. The van der Waals surface area contributed by atoms with Crippen molar-refractivity contribution < 1.29 is 10.0 Å². The lowest BCUT2D eigenvalue weighted by molar-refractivity contribution is 0.405. The van der Waals surface area contributed by atoms with Gasteiger partial charge in [0.05, 0.1) is 0 Å². The number of hydrogen-bond acceptors (Lipinski definition) is 2.